The largest absolute Gasteiger partial charge is 0.409 e. The van der Waals surface area contributed by atoms with Crippen molar-refractivity contribution in [2.45, 2.75) is 45.4 Å². The highest BCUT2D eigenvalue weighted by Crippen LogP contribution is 2.04. The van der Waals surface area contributed by atoms with Crippen molar-refractivity contribution in [1.29, 1.82) is 0 Å². The second-order valence-corrected chi connectivity index (χ2v) is 3.41. The van der Waals surface area contributed by atoms with Gasteiger partial charge in [0.2, 0.25) is 0 Å². The van der Waals surface area contributed by atoms with Crippen LogP contribution in [0.5, 0.6) is 0 Å². The van der Waals surface area contributed by atoms with Gasteiger partial charge >= 0.3 is 0 Å². The number of rotatable bonds is 9. The van der Waals surface area contributed by atoms with Crippen molar-refractivity contribution >= 4 is 5.84 Å². The first-order valence-corrected chi connectivity index (χ1v) is 5.35. The van der Waals surface area contributed by atoms with E-state index in [0.29, 0.717) is 6.61 Å². The van der Waals surface area contributed by atoms with Gasteiger partial charge in [-0.05, 0) is 6.42 Å². The predicted molar refractivity (Wildman–Crippen MR) is 57.6 cm³/mol. The Morgan fingerprint density at radius 2 is 1.86 bits per heavy atom. The van der Waals surface area contributed by atoms with Crippen molar-refractivity contribution in [2.24, 2.45) is 10.9 Å². The molecule has 0 saturated carbocycles. The molecule has 0 heterocycles. The predicted octanol–water partition coefficient (Wildman–Crippen LogP) is 2.11. The molecule has 4 heteroatoms. The highest BCUT2D eigenvalue weighted by atomic mass is 16.5. The zero-order valence-corrected chi connectivity index (χ0v) is 9.04. The van der Waals surface area contributed by atoms with E-state index >= 15 is 0 Å². The molecule has 0 aliphatic rings. The first-order valence-electron chi connectivity index (χ1n) is 5.35. The van der Waals surface area contributed by atoms with Crippen LogP contribution in [0.15, 0.2) is 5.16 Å². The van der Waals surface area contributed by atoms with Gasteiger partial charge in [-0.2, -0.15) is 0 Å². The maximum absolute atomic E-state index is 8.22. The topological polar surface area (TPSA) is 67.8 Å². The molecule has 0 rings (SSSR count). The zero-order valence-electron chi connectivity index (χ0n) is 9.04. The van der Waals surface area contributed by atoms with Crippen LogP contribution in [-0.4, -0.2) is 24.3 Å². The summed E-state index contributed by atoms with van der Waals surface area (Å²) in [5.41, 5.74) is 5.23. The molecule has 0 aromatic heterocycles. The van der Waals surface area contributed by atoms with Gasteiger partial charge in [0, 0.05) is 6.61 Å². The quantitative estimate of drug-likeness (QED) is 0.198. The molecule has 0 aliphatic carbocycles. The highest BCUT2D eigenvalue weighted by molar-refractivity contribution is 5.80. The fourth-order valence-electron chi connectivity index (χ4n) is 1.19. The minimum atomic E-state index is 0.135. The van der Waals surface area contributed by atoms with Gasteiger partial charge in [-0.25, -0.2) is 0 Å². The molecule has 0 aliphatic heterocycles. The molecule has 0 saturated heterocycles. The molecular weight excluding hydrogens is 180 g/mol. The lowest BCUT2D eigenvalue weighted by Crippen LogP contribution is -2.19. The number of hydrogen-bond donors (Lipinski definition) is 2. The first kappa shape index (κ1) is 13.2. The number of ether oxygens (including phenoxy) is 1. The lowest BCUT2D eigenvalue weighted by atomic mass is 10.1. The van der Waals surface area contributed by atoms with Gasteiger partial charge < -0.3 is 15.7 Å². The minimum Gasteiger partial charge on any atom is -0.409 e. The van der Waals surface area contributed by atoms with Gasteiger partial charge in [-0.1, -0.05) is 44.2 Å². The number of nitrogens with zero attached hydrogens (tertiary/aromatic N) is 1. The van der Waals surface area contributed by atoms with E-state index in [1.165, 1.54) is 32.1 Å². The Balaban J connectivity index is 2.99. The molecule has 0 unspecified atom stereocenters. The maximum atomic E-state index is 8.22. The smallest absolute Gasteiger partial charge is 0.165 e. The Bertz CT molecular complexity index is 149. The third-order valence-corrected chi connectivity index (χ3v) is 2.02. The molecule has 0 aromatic carbocycles. The average molecular weight is 202 g/mol. The Hall–Kier alpha value is -0.770. The standard InChI is InChI=1S/C10H22N2O2/c1-2-3-4-5-6-7-8-14-9-10(11)12-13/h13H,2-9H2,1H3,(H2,11,12). The van der Waals surface area contributed by atoms with Crippen LogP contribution in [0.2, 0.25) is 0 Å². The van der Waals surface area contributed by atoms with E-state index < -0.39 is 0 Å². The SMILES string of the molecule is CCCCCCCCOC/C(N)=N/O. The van der Waals surface area contributed by atoms with Crippen molar-refractivity contribution in [1.82, 2.24) is 0 Å². The molecule has 84 valence electrons. The summed E-state index contributed by atoms with van der Waals surface area (Å²) in [5, 5.41) is 11.0. The number of amidine groups is 1. The summed E-state index contributed by atoms with van der Waals surface area (Å²) in [7, 11) is 0. The maximum Gasteiger partial charge on any atom is 0.165 e. The lowest BCUT2D eigenvalue weighted by molar-refractivity contribution is 0.162. The van der Waals surface area contributed by atoms with Gasteiger partial charge in [0.25, 0.3) is 0 Å². The van der Waals surface area contributed by atoms with Crippen molar-refractivity contribution < 1.29 is 9.94 Å². The van der Waals surface area contributed by atoms with E-state index in [2.05, 4.69) is 12.1 Å². The normalized spacial score (nSPS) is 11.9. The van der Waals surface area contributed by atoms with E-state index in [-0.39, 0.29) is 12.4 Å². The van der Waals surface area contributed by atoms with Gasteiger partial charge in [-0.3, -0.25) is 0 Å². The van der Waals surface area contributed by atoms with E-state index in [9.17, 15) is 0 Å². The Kier molecular flexibility index (Phi) is 9.74. The number of nitrogens with two attached hydrogens (primary N) is 1. The van der Waals surface area contributed by atoms with E-state index in [0.717, 1.165) is 6.42 Å². The van der Waals surface area contributed by atoms with Crippen LogP contribution in [0.4, 0.5) is 0 Å². The number of oxime groups is 1. The minimum absolute atomic E-state index is 0.135. The molecule has 0 radical (unpaired) electrons. The Morgan fingerprint density at radius 3 is 2.50 bits per heavy atom. The van der Waals surface area contributed by atoms with Crippen LogP contribution in [0.1, 0.15) is 45.4 Å². The number of unbranched alkanes of at least 4 members (excludes halogenated alkanes) is 5. The van der Waals surface area contributed by atoms with Crippen LogP contribution in [-0.2, 0) is 4.74 Å². The molecule has 14 heavy (non-hydrogen) atoms. The number of hydrogen-bond acceptors (Lipinski definition) is 3. The van der Waals surface area contributed by atoms with Crippen molar-refractivity contribution in [3.8, 4) is 0 Å². The third-order valence-electron chi connectivity index (χ3n) is 2.02. The monoisotopic (exact) mass is 202 g/mol. The molecule has 0 fully saturated rings. The fraction of sp³-hybridized carbons (Fsp3) is 0.900. The van der Waals surface area contributed by atoms with Gasteiger partial charge in [0.1, 0.15) is 6.61 Å². The molecule has 0 spiro atoms. The summed E-state index contributed by atoms with van der Waals surface area (Å²) in [4.78, 5) is 0. The summed E-state index contributed by atoms with van der Waals surface area (Å²) in [6.07, 6.45) is 7.46. The molecule has 4 nitrogen and oxygen atoms in total. The molecule has 0 bridgehead atoms. The van der Waals surface area contributed by atoms with Crippen LogP contribution in [0, 0.1) is 0 Å². The van der Waals surface area contributed by atoms with Crippen molar-refractivity contribution in [2.75, 3.05) is 13.2 Å². The zero-order chi connectivity index (χ0) is 10.6. The second-order valence-electron chi connectivity index (χ2n) is 3.41. The van der Waals surface area contributed by atoms with Gasteiger partial charge in [0.15, 0.2) is 5.84 Å². The molecule has 0 atom stereocenters. The average Bonchev–Trinajstić information content (AvgIpc) is 2.21. The Labute approximate surface area is 86.1 Å². The summed E-state index contributed by atoms with van der Waals surface area (Å²) >= 11 is 0. The van der Waals surface area contributed by atoms with Crippen LogP contribution >= 0.6 is 0 Å². The van der Waals surface area contributed by atoms with Gasteiger partial charge in [0.05, 0.1) is 0 Å². The first-order chi connectivity index (χ1) is 6.81. The molecule has 3 N–H and O–H groups in total. The van der Waals surface area contributed by atoms with E-state index in [1.54, 1.807) is 0 Å². The van der Waals surface area contributed by atoms with Crippen LogP contribution < -0.4 is 5.73 Å². The molecule has 0 aromatic rings. The van der Waals surface area contributed by atoms with Crippen molar-refractivity contribution in [3.05, 3.63) is 0 Å². The second kappa shape index (κ2) is 10.3. The van der Waals surface area contributed by atoms with Gasteiger partial charge in [-0.15, -0.1) is 0 Å². The van der Waals surface area contributed by atoms with E-state index in [1.807, 2.05) is 0 Å². The van der Waals surface area contributed by atoms with Crippen molar-refractivity contribution in [3.63, 3.8) is 0 Å². The lowest BCUT2D eigenvalue weighted by Gasteiger charge is -2.02. The highest BCUT2D eigenvalue weighted by Gasteiger charge is 1.93. The summed E-state index contributed by atoms with van der Waals surface area (Å²) in [5.74, 6) is 0.135. The summed E-state index contributed by atoms with van der Waals surface area (Å²) < 4.78 is 5.18. The van der Waals surface area contributed by atoms with Crippen LogP contribution in [0.3, 0.4) is 0 Å². The van der Waals surface area contributed by atoms with Crippen LogP contribution in [0.25, 0.3) is 0 Å². The Morgan fingerprint density at radius 1 is 1.21 bits per heavy atom. The summed E-state index contributed by atoms with van der Waals surface area (Å²) in [6, 6.07) is 0. The molecular formula is C10H22N2O2. The van der Waals surface area contributed by atoms with E-state index in [4.69, 9.17) is 15.7 Å². The fourth-order valence-corrected chi connectivity index (χ4v) is 1.19. The molecule has 0 amide bonds. The summed E-state index contributed by atoms with van der Waals surface area (Å²) in [6.45, 7) is 3.13. The third kappa shape index (κ3) is 9.32.